The molecule has 0 N–H and O–H groups in total. The predicted octanol–water partition coefficient (Wildman–Crippen LogP) is 6.40. The highest BCUT2D eigenvalue weighted by atomic mass is 28.3. The number of benzene rings is 1. The van der Waals surface area contributed by atoms with E-state index in [4.69, 9.17) is 0 Å². The van der Waals surface area contributed by atoms with Crippen LogP contribution in [0.25, 0.3) is 0 Å². The van der Waals surface area contributed by atoms with Gasteiger partial charge in [0, 0.05) is 0 Å². The summed E-state index contributed by atoms with van der Waals surface area (Å²) in [6.45, 7) is 18.3. The smallest absolute Gasteiger partial charge is 0.125 e. The van der Waals surface area contributed by atoms with Crippen molar-refractivity contribution >= 4 is 8.07 Å². The zero-order valence-electron chi connectivity index (χ0n) is 15.2. The average molecular weight is 313 g/mol. The van der Waals surface area contributed by atoms with Crippen molar-refractivity contribution in [1.29, 1.82) is 0 Å². The Hall–Kier alpha value is -1.26. The van der Waals surface area contributed by atoms with Crippen LogP contribution in [0, 0.1) is 11.5 Å². The topological polar surface area (TPSA) is 0 Å². The summed E-state index contributed by atoms with van der Waals surface area (Å²) in [6.07, 6.45) is 2.00. The first-order chi connectivity index (χ1) is 10.3. The molecule has 0 atom stereocenters. The number of allylic oxidation sites excluding steroid dienone is 1. The molecule has 0 bridgehead atoms. The summed E-state index contributed by atoms with van der Waals surface area (Å²) in [4.78, 5) is 0. The zero-order valence-corrected chi connectivity index (χ0v) is 16.2. The first-order valence-corrected chi connectivity index (χ1v) is 10.8. The maximum absolute atomic E-state index is 4.20. The van der Waals surface area contributed by atoms with Crippen molar-refractivity contribution in [3.05, 3.63) is 48.0 Å². The molecule has 22 heavy (non-hydrogen) atoms. The molecule has 1 aromatic rings. The molecular weight excluding hydrogens is 280 g/mol. The quantitative estimate of drug-likeness (QED) is 0.421. The highest BCUT2D eigenvalue weighted by molar-refractivity contribution is 6.90. The van der Waals surface area contributed by atoms with E-state index in [1.165, 1.54) is 5.56 Å². The highest BCUT2D eigenvalue weighted by Crippen LogP contribution is 2.40. The summed E-state index contributed by atoms with van der Waals surface area (Å²) in [5.74, 6) is 3.46. The van der Waals surface area contributed by atoms with Crippen LogP contribution in [0.5, 0.6) is 0 Å². The van der Waals surface area contributed by atoms with Crippen LogP contribution in [0.1, 0.15) is 53.5 Å². The zero-order chi connectivity index (χ0) is 16.8. The minimum atomic E-state index is -1.62. The van der Waals surface area contributed by atoms with E-state index in [1.54, 1.807) is 0 Å². The molecule has 0 unspecified atom stereocenters. The molecule has 0 aliphatic rings. The molecule has 0 spiro atoms. The number of aryl methyl sites for hydroxylation is 1. The monoisotopic (exact) mass is 312 g/mol. The van der Waals surface area contributed by atoms with Gasteiger partial charge >= 0.3 is 0 Å². The summed E-state index contributed by atoms with van der Waals surface area (Å²) in [5, 5.41) is 0. The van der Waals surface area contributed by atoms with Crippen molar-refractivity contribution in [2.24, 2.45) is 0 Å². The van der Waals surface area contributed by atoms with E-state index in [1.807, 2.05) is 0 Å². The fourth-order valence-corrected chi connectivity index (χ4v) is 8.89. The molecular formula is C21H32Si. The molecule has 0 nitrogen and oxygen atoms in total. The van der Waals surface area contributed by atoms with Gasteiger partial charge in [-0.3, -0.25) is 0 Å². The van der Waals surface area contributed by atoms with Crippen LogP contribution in [-0.4, -0.2) is 8.07 Å². The van der Waals surface area contributed by atoms with Crippen LogP contribution in [0.15, 0.2) is 42.5 Å². The lowest BCUT2D eigenvalue weighted by Gasteiger charge is -2.38. The molecule has 0 amide bonds. The second-order valence-electron chi connectivity index (χ2n) is 7.24. The number of hydrogen-bond acceptors (Lipinski definition) is 0. The minimum absolute atomic E-state index is 0.682. The van der Waals surface area contributed by atoms with E-state index >= 15 is 0 Å². The molecule has 0 fully saturated rings. The third kappa shape index (κ3) is 4.62. The fourth-order valence-electron chi connectivity index (χ4n) is 3.63. The lowest BCUT2D eigenvalue weighted by atomic mass is 10.1. The van der Waals surface area contributed by atoms with Gasteiger partial charge in [0.2, 0.25) is 0 Å². The van der Waals surface area contributed by atoms with Crippen LogP contribution < -0.4 is 0 Å². The highest BCUT2D eigenvalue weighted by Gasteiger charge is 2.41. The van der Waals surface area contributed by atoms with Crippen molar-refractivity contribution < 1.29 is 0 Å². The van der Waals surface area contributed by atoms with Crippen LogP contribution in [0.3, 0.4) is 0 Å². The van der Waals surface area contributed by atoms with E-state index in [-0.39, 0.29) is 0 Å². The van der Waals surface area contributed by atoms with Crippen LogP contribution >= 0.6 is 0 Å². The van der Waals surface area contributed by atoms with Crippen LogP contribution in [-0.2, 0) is 6.42 Å². The Morgan fingerprint density at radius 1 is 0.955 bits per heavy atom. The van der Waals surface area contributed by atoms with E-state index in [2.05, 4.69) is 89.9 Å². The summed E-state index contributed by atoms with van der Waals surface area (Å²) >= 11 is 0. The number of rotatable bonds is 6. The van der Waals surface area contributed by atoms with Gasteiger partial charge in [-0.25, -0.2) is 0 Å². The van der Waals surface area contributed by atoms with Crippen molar-refractivity contribution in [1.82, 2.24) is 0 Å². The molecule has 0 saturated carbocycles. The molecule has 1 heteroatoms. The van der Waals surface area contributed by atoms with Gasteiger partial charge < -0.3 is 0 Å². The molecule has 0 saturated heterocycles. The average Bonchev–Trinajstić information content (AvgIpc) is 2.45. The summed E-state index contributed by atoms with van der Waals surface area (Å²) < 4.78 is 0. The van der Waals surface area contributed by atoms with Gasteiger partial charge in [0.05, 0.1) is 0 Å². The third-order valence-electron chi connectivity index (χ3n) is 4.88. The van der Waals surface area contributed by atoms with E-state index in [0.29, 0.717) is 16.6 Å². The molecule has 1 rings (SSSR count). The summed E-state index contributed by atoms with van der Waals surface area (Å²) in [5.41, 5.74) is 8.26. The Bertz CT molecular complexity index is 504. The SMILES string of the molecule is C=C(C#C[Si](C(C)C)(C(C)C)C(C)C)CCc1ccccc1. The van der Waals surface area contributed by atoms with E-state index in [0.717, 1.165) is 18.4 Å². The normalized spacial score (nSPS) is 11.7. The molecule has 1 aromatic carbocycles. The van der Waals surface area contributed by atoms with Crippen LogP contribution in [0.4, 0.5) is 0 Å². The standard InChI is InChI=1S/C21H32Si/c1-17(2)22(18(3)4,19(5)6)16-15-20(7)13-14-21-11-9-8-10-12-21/h8-12,17-19H,7,13-14H2,1-6H3. The molecule has 0 aliphatic heterocycles. The van der Waals surface area contributed by atoms with Gasteiger partial charge in [0.25, 0.3) is 0 Å². The first kappa shape index (κ1) is 18.8. The van der Waals surface area contributed by atoms with Crippen molar-refractivity contribution in [2.45, 2.75) is 71.0 Å². The molecule has 0 radical (unpaired) electrons. The van der Waals surface area contributed by atoms with Gasteiger partial charge in [0.15, 0.2) is 0 Å². The fraction of sp³-hybridized carbons (Fsp3) is 0.524. The molecule has 0 aliphatic carbocycles. The maximum atomic E-state index is 4.20. The van der Waals surface area contributed by atoms with Gasteiger partial charge in [-0.05, 0) is 40.6 Å². The van der Waals surface area contributed by atoms with E-state index < -0.39 is 8.07 Å². The Kier molecular flexibility index (Phi) is 7.16. The maximum Gasteiger partial charge on any atom is 0.146 e. The Balaban J connectivity index is 2.82. The van der Waals surface area contributed by atoms with Crippen molar-refractivity contribution in [3.63, 3.8) is 0 Å². The van der Waals surface area contributed by atoms with Gasteiger partial charge in [-0.15, -0.1) is 5.54 Å². The number of hydrogen-bond donors (Lipinski definition) is 0. The predicted molar refractivity (Wildman–Crippen MR) is 103 cm³/mol. The lowest BCUT2D eigenvalue weighted by molar-refractivity contribution is 0.838. The van der Waals surface area contributed by atoms with Gasteiger partial charge in [-0.2, -0.15) is 0 Å². The first-order valence-electron chi connectivity index (χ1n) is 8.55. The van der Waals surface area contributed by atoms with E-state index in [9.17, 15) is 0 Å². The lowest BCUT2D eigenvalue weighted by Crippen LogP contribution is -2.43. The summed E-state index contributed by atoms with van der Waals surface area (Å²) in [6, 6.07) is 10.6. The summed E-state index contributed by atoms with van der Waals surface area (Å²) in [7, 11) is -1.62. The van der Waals surface area contributed by atoms with Crippen molar-refractivity contribution in [3.8, 4) is 11.5 Å². The molecule has 0 aromatic heterocycles. The van der Waals surface area contributed by atoms with Gasteiger partial charge in [-0.1, -0.05) is 84.4 Å². The Morgan fingerprint density at radius 3 is 1.91 bits per heavy atom. The van der Waals surface area contributed by atoms with Crippen LogP contribution in [0.2, 0.25) is 16.6 Å². The Morgan fingerprint density at radius 2 is 1.45 bits per heavy atom. The molecule has 120 valence electrons. The second kappa shape index (κ2) is 8.39. The second-order valence-corrected chi connectivity index (χ2v) is 12.8. The largest absolute Gasteiger partial charge is 0.146 e. The molecule has 0 heterocycles. The Labute approximate surface area is 139 Å². The minimum Gasteiger partial charge on any atom is -0.125 e. The third-order valence-corrected chi connectivity index (χ3v) is 11.2. The van der Waals surface area contributed by atoms with Gasteiger partial charge in [0.1, 0.15) is 8.07 Å². The van der Waals surface area contributed by atoms with Crippen molar-refractivity contribution in [2.75, 3.05) is 0 Å².